The molecule has 0 spiro atoms. The number of methoxy groups -OCH3 is 2. The summed E-state index contributed by atoms with van der Waals surface area (Å²) >= 11 is 0. The number of benzene rings is 1. The van der Waals surface area contributed by atoms with Gasteiger partial charge in [-0.2, -0.15) is 0 Å². The van der Waals surface area contributed by atoms with Crippen molar-refractivity contribution < 1.29 is 14.2 Å². The van der Waals surface area contributed by atoms with Gasteiger partial charge < -0.3 is 19.9 Å². The number of ether oxygens (including phenoxy) is 3. The van der Waals surface area contributed by atoms with E-state index in [1.165, 1.54) is 0 Å². The number of nitrogens with two attached hydrogens (primary N) is 1. The summed E-state index contributed by atoms with van der Waals surface area (Å²) in [5.41, 5.74) is 6.62. The van der Waals surface area contributed by atoms with Gasteiger partial charge in [0.25, 0.3) is 0 Å². The van der Waals surface area contributed by atoms with Crippen LogP contribution in [-0.4, -0.2) is 27.4 Å². The Morgan fingerprint density at radius 3 is 2.24 bits per heavy atom. The zero-order chi connectivity index (χ0) is 12.0. The Morgan fingerprint density at radius 2 is 1.76 bits per heavy atom. The molecule has 17 heavy (non-hydrogen) atoms. The smallest absolute Gasteiger partial charge is 0.203 e. The predicted molar refractivity (Wildman–Crippen MR) is 70.7 cm³/mol. The fraction of sp³-hybridized carbons (Fsp3) is 0.500. The standard InChI is InChI=1S/C12H19NO3.ClH/c1-4-16-11-8-9(5-6-13)7-10(14-2)12(11)15-3;/h7-8H,4-6,13H2,1-3H3;1H. The third-order valence-corrected chi connectivity index (χ3v) is 2.24. The molecule has 1 aromatic rings. The van der Waals surface area contributed by atoms with Crippen molar-refractivity contribution >= 4 is 12.4 Å². The summed E-state index contributed by atoms with van der Waals surface area (Å²) in [6.45, 7) is 3.12. The van der Waals surface area contributed by atoms with E-state index in [4.69, 9.17) is 19.9 Å². The van der Waals surface area contributed by atoms with Crippen molar-refractivity contribution in [2.45, 2.75) is 13.3 Å². The van der Waals surface area contributed by atoms with Gasteiger partial charge in [0.05, 0.1) is 20.8 Å². The summed E-state index contributed by atoms with van der Waals surface area (Å²) in [6.07, 6.45) is 0.792. The summed E-state index contributed by atoms with van der Waals surface area (Å²) in [5.74, 6) is 2.01. The van der Waals surface area contributed by atoms with Crippen LogP contribution < -0.4 is 19.9 Å². The second-order valence-electron chi connectivity index (χ2n) is 3.30. The van der Waals surface area contributed by atoms with Gasteiger partial charge in [-0.25, -0.2) is 0 Å². The average Bonchev–Trinajstić information content (AvgIpc) is 2.29. The normalized spacial score (nSPS) is 9.41. The van der Waals surface area contributed by atoms with Crippen LogP contribution in [0.25, 0.3) is 0 Å². The Labute approximate surface area is 108 Å². The van der Waals surface area contributed by atoms with Crippen molar-refractivity contribution in [1.82, 2.24) is 0 Å². The van der Waals surface area contributed by atoms with Gasteiger partial charge in [-0.15, -0.1) is 12.4 Å². The first-order valence-electron chi connectivity index (χ1n) is 5.34. The highest BCUT2D eigenvalue weighted by atomic mass is 35.5. The number of halogens is 1. The molecule has 1 rings (SSSR count). The van der Waals surface area contributed by atoms with Crippen LogP contribution in [0, 0.1) is 0 Å². The van der Waals surface area contributed by atoms with Crippen LogP contribution in [0.4, 0.5) is 0 Å². The van der Waals surface area contributed by atoms with Crippen LogP contribution >= 0.6 is 12.4 Å². The van der Waals surface area contributed by atoms with Crippen LogP contribution in [0.5, 0.6) is 17.2 Å². The summed E-state index contributed by atoms with van der Waals surface area (Å²) < 4.78 is 16.0. The SMILES string of the molecule is CCOc1cc(CCN)cc(OC)c1OC.Cl. The minimum atomic E-state index is 0. The first-order chi connectivity index (χ1) is 7.76. The number of rotatable bonds is 6. The summed E-state index contributed by atoms with van der Waals surface area (Å²) in [7, 11) is 3.21. The molecule has 2 N–H and O–H groups in total. The lowest BCUT2D eigenvalue weighted by Gasteiger charge is -2.14. The first kappa shape index (κ1) is 15.9. The zero-order valence-corrected chi connectivity index (χ0v) is 11.3. The Balaban J connectivity index is 0.00000256. The molecule has 0 saturated carbocycles. The van der Waals surface area contributed by atoms with E-state index in [-0.39, 0.29) is 12.4 Å². The molecule has 0 aliphatic carbocycles. The fourth-order valence-electron chi connectivity index (χ4n) is 1.56. The van der Waals surface area contributed by atoms with E-state index < -0.39 is 0 Å². The summed E-state index contributed by atoms with van der Waals surface area (Å²) in [4.78, 5) is 0. The molecular weight excluding hydrogens is 242 g/mol. The summed E-state index contributed by atoms with van der Waals surface area (Å²) in [6, 6.07) is 3.87. The first-order valence-corrected chi connectivity index (χ1v) is 5.34. The second kappa shape index (κ2) is 8.03. The van der Waals surface area contributed by atoms with Crippen LogP contribution in [0.15, 0.2) is 12.1 Å². The molecule has 0 aromatic heterocycles. The van der Waals surface area contributed by atoms with Gasteiger partial charge in [0.15, 0.2) is 11.5 Å². The molecule has 0 saturated heterocycles. The zero-order valence-electron chi connectivity index (χ0n) is 10.5. The van der Waals surface area contributed by atoms with Crippen molar-refractivity contribution in [2.75, 3.05) is 27.4 Å². The molecule has 0 bridgehead atoms. The van der Waals surface area contributed by atoms with E-state index in [9.17, 15) is 0 Å². The molecule has 0 fully saturated rings. The second-order valence-corrected chi connectivity index (χ2v) is 3.30. The van der Waals surface area contributed by atoms with Crippen molar-refractivity contribution in [1.29, 1.82) is 0 Å². The Morgan fingerprint density at radius 1 is 1.12 bits per heavy atom. The molecule has 0 heterocycles. The highest BCUT2D eigenvalue weighted by Gasteiger charge is 2.12. The Bertz CT molecular complexity index is 345. The fourth-order valence-corrected chi connectivity index (χ4v) is 1.56. The Kier molecular flexibility index (Phi) is 7.50. The predicted octanol–water partition coefficient (Wildman–Crippen LogP) is 2.03. The molecule has 0 aliphatic heterocycles. The lowest BCUT2D eigenvalue weighted by molar-refractivity contribution is 0.296. The maximum Gasteiger partial charge on any atom is 0.203 e. The number of hydrogen-bond donors (Lipinski definition) is 1. The molecule has 0 aliphatic rings. The minimum Gasteiger partial charge on any atom is -0.493 e. The van der Waals surface area contributed by atoms with Gasteiger partial charge in [0.1, 0.15) is 0 Å². The van der Waals surface area contributed by atoms with Crippen molar-refractivity contribution in [2.24, 2.45) is 5.73 Å². The highest BCUT2D eigenvalue weighted by molar-refractivity contribution is 5.85. The molecule has 5 heteroatoms. The molecule has 4 nitrogen and oxygen atoms in total. The van der Waals surface area contributed by atoms with Crippen LogP contribution in [0.1, 0.15) is 12.5 Å². The van der Waals surface area contributed by atoms with E-state index in [0.717, 1.165) is 12.0 Å². The van der Waals surface area contributed by atoms with Gasteiger partial charge in [-0.05, 0) is 37.6 Å². The van der Waals surface area contributed by atoms with Gasteiger partial charge >= 0.3 is 0 Å². The maximum atomic E-state index is 5.53. The van der Waals surface area contributed by atoms with Gasteiger partial charge in [0, 0.05) is 0 Å². The van der Waals surface area contributed by atoms with Gasteiger partial charge in [-0.1, -0.05) is 0 Å². The van der Waals surface area contributed by atoms with Crippen molar-refractivity contribution in [3.63, 3.8) is 0 Å². The van der Waals surface area contributed by atoms with E-state index in [2.05, 4.69) is 0 Å². The highest BCUT2D eigenvalue weighted by Crippen LogP contribution is 2.38. The van der Waals surface area contributed by atoms with E-state index in [0.29, 0.717) is 30.4 Å². The molecule has 0 atom stereocenters. The molecular formula is C12H20ClNO3. The molecule has 0 unspecified atom stereocenters. The average molecular weight is 262 g/mol. The monoisotopic (exact) mass is 261 g/mol. The molecule has 1 aromatic carbocycles. The lowest BCUT2D eigenvalue weighted by atomic mass is 10.1. The molecule has 98 valence electrons. The third-order valence-electron chi connectivity index (χ3n) is 2.24. The topological polar surface area (TPSA) is 53.7 Å². The van der Waals surface area contributed by atoms with E-state index in [1.807, 2.05) is 19.1 Å². The van der Waals surface area contributed by atoms with Gasteiger partial charge in [0.2, 0.25) is 5.75 Å². The van der Waals surface area contributed by atoms with Crippen LogP contribution in [0.3, 0.4) is 0 Å². The van der Waals surface area contributed by atoms with Gasteiger partial charge in [-0.3, -0.25) is 0 Å². The quantitative estimate of drug-likeness (QED) is 0.851. The molecule has 0 radical (unpaired) electrons. The maximum absolute atomic E-state index is 5.53. The molecule has 0 amide bonds. The van der Waals surface area contributed by atoms with Crippen LogP contribution in [-0.2, 0) is 6.42 Å². The third kappa shape index (κ3) is 3.98. The number of hydrogen-bond acceptors (Lipinski definition) is 4. The largest absolute Gasteiger partial charge is 0.493 e. The van der Waals surface area contributed by atoms with E-state index in [1.54, 1.807) is 14.2 Å². The minimum absolute atomic E-state index is 0. The van der Waals surface area contributed by atoms with Crippen molar-refractivity contribution in [3.05, 3.63) is 17.7 Å². The van der Waals surface area contributed by atoms with E-state index >= 15 is 0 Å². The summed E-state index contributed by atoms with van der Waals surface area (Å²) in [5, 5.41) is 0. The Hall–Kier alpha value is -1.13. The van der Waals surface area contributed by atoms with Crippen LogP contribution in [0.2, 0.25) is 0 Å². The van der Waals surface area contributed by atoms with Crippen molar-refractivity contribution in [3.8, 4) is 17.2 Å². The lowest BCUT2D eigenvalue weighted by Crippen LogP contribution is -2.04.